The van der Waals surface area contributed by atoms with Gasteiger partial charge in [0.1, 0.15) is 0 Å². The molecule has 2 aromatic carbocycles. The highest BCUT2D eigenvalue weighted by molar-refractivity contribution is 5.92. The highest BCUT2D eigenvalue weighted by Gasteiger charge is 2.16. The molecule has 0 saturated heterocycles. The monoisotopic (exact) mass is 370 g/mol. The van der Waals surface area contributed by atoms with Gasteiger partial charge in [-0.1, -0.05) is 36.4 Å². The third-order valence-electron chi connectivity index (χ3n) is 3.83. The molecule has 0 N–H and O–H groups in total. The van der Waals surface area contributed by atoms with E-state index in [4.69, 9.17) is 9.47 Å². The molecule has 0 aromatic heterocycles. The van der Waals surface area contributed by atoms with Crippen molar-refractivity contribution in [3.8, 4) is 0 Å². The molecule has 0 bridgehead atoms. The molecule has 0 fully saturated rings. The van der Waals surface area contributed by atoms with Crippen molar-refractivity contribution in [3.63, 3.8) is 0 Å². The minimum Gasteiger partial charge on any atom is -0.424 e. The van der Waals surface area contributed by atoms with Crippen LogP contribution in [0.25, 0.3) is 0 Å². The van der Waals surface area contributed by atoms with Gasteiger partial charge >= 0.3 is 11.9 Å². The Labute approximate surface area is 160 Å². The number of esters is 2. The molecule has 0 aliphatic rings. The van der Waals surface area contributed by atoms with E-state index in [1.54, 1.807) is 24.3 Å². The van der Waals surface area contributed by atoms with Crippen molar-refractivity contribution in [2.24, 2.45) is 0 Å². The molecule has 27 heavy (non-hydrogen) atoms. The molecule has 0 spiro atoms. The van der Waals surface area contributed by atoms with E-state index >= 15 is 0 Å². The zero-order valence-corrected chi connectivity index (χ0v) is 16.3. The van der Waals surface area contributed by atoms with Crippen LogP contribution < -0.4 is 0 Å². The molecule has 0 saturated carbocycles. The first-order chi connectivity index (χ1) is 12.9. The van der Waals surface area contributed by atoms with Gasteiger partial charge in [-0.05, 0) is 51.5 Å². The van der Waals surface area contributed by atoms with Crippen LogP contribution in [0.5, 0.6) is 0 Å². The summed E-state index contributed by atoms with van der Waals surface area (Å²) >= 11 is 0. The quantitative estimate of drug-likeness (QED) is 0.526. The molecule has 144 valence electrons. The molecule has 2 rings (SSSR count). The van der Waals surface area contributed by atoms with Crippen molar-refractivity contribution in [2.45, 2.75) is 13.1 Å². The van der Waals surface area contributed by atoms with Crippen LogP contribution in [0.1, 0.15) is 31.8 Å². The summed E-state index contributed by atoms with van der Waals surface area (Å²) in [6.45, 7) is 0.802. The van der Waals surface area contributed by atoms with Crippen LogP contribution in [0.2, 0.25) is 0 Å². The van der Waals surface area contributed by atoms with Gasteiger partial charge < -0.3 is 19.3 Å². The Kier molecular flexibility index (Phi) is 7.52. The first-order valence-electron chi connectivity index (χ1n) is 8.68. The second-order valence-corrected chi connectivity index (χ2v) is 6.77. The Bertz CT molecular complexity index is 722. The first-order valence-corrected chi connectivity index (χ1v) is 8.68. The maximum Gasteiger partial charge on any atom is 0.341 e. The molecule has 2 aromatic rings. The Morgan fingerprint density at radius 3 is 1.44 bits per heavy atom. The number of rotatable bonds is 8. The molecule has 0 unspecified atom stereocenters. The maximum atomic E-state index is 12.3. The lowest BCUT2D eigenvalue weighted by molar-refractivity contribution is -0.0169. The van der Waals surface area contributed by atoms with Crippen LogP contribution in [0.3, 0.4) is 0 Å². The van der Waals surface area contributed by atoms with E-state index in [0.717, 1.165) is 11.1 Å². The fourth-order valence-electron chi connectivity index (χ4n) is 2.69. The fraction of sp³-hybridized carbons (Fsp3) is 0.333. The fourth-order valence-corrected chi connectivity index (χ4v) is 2.69. The summed E-state index contributed by atoms with van der Waals surface area (Å²) in [5.41, 5.74) is 2.65. The summed E-state index contributed by atoms with van der Waals surface area (Å²) in [5, 5.41) is 0. The zero-order chi connectivity index (χ0) is 19.8. The number of benzene rings is 2. The Morgan fingerprint density at radius 1 is 0.704 bits per heavy atom. The van der Waals surface area contributed by atoms with Gasteiger partial charge in [0.25, 0.3) is 0 Å². The van der Waals surface area contributed by atoms with Crippen LogP contribution in [0, 0.1) is 0 Å². The molecule has 0 heterocycles. The van der Waals surface area contributed by atoms with E-state index in [9.17, 15) is 9.59 Å². The van der Waals surface area contributed by atoms with E-state index in [-0.39, 0.29) is 0 Å². The average molecular weight is 370 g/mol. The second-order valence-electron chi connectivity index (χ2n) is 6.77. The molecular formula is C21H26N2O4. The molecule has 6 nitrogen and oxygen atoms in total. The minimum absolute atomic E-state index is 0.426. The number of carbonyl (C=O) groups excluding carboxylic acids is 2. The number of nitrogens with zero attached hydrogens (tertiary/aromatic N) is 2. The summed E-state index contributed by atoms with van der Waals surface area (Å²) in [5.74, 6) is -1.02. The topological polar surface area (TPSA) is 59.1 Å². The highest BCUT2D eigenvalue weighted by atomic mass is 16.7. The third kappa shape index (κ3) is 6.20. The van der Waals surface area contributed by atoms with Gasteiger partial charge in [-0.3, -0.25) is 0 Å². The van der Waals surface area contributed by atoms with Gasteiger partial charge in [0.15, 0.2) is 0 Å². The van der Waals surface area contributed by atoms with Crippen LogP contribution >= 0.6 is 0 Å². The number of ether oxygens (including phenoxy) is 2. The van der Waals surface area contributed by atoms with Crippen molar-refractivity contribution in [2.75, 3.05) is 35.0 Å². The lowest BCUT2D eigenvalue weighted by atomic mass is 10.1. The molecule has 6 heteroatoms. The van der Waals surface area contributed by atoms with Crippen molar-refractivity contribution in [1.29, 1.82) is 0 Å². The van der Waals surface area contributed by atoms with Crippen molar-refractivity contribution in [1.82, 2.24) is 9.80 Å². The summed E-state index contributed by atoms with van der Waals surface area (Å²) < 4.78 is 10.3. The standard InChI is InChI=1S/C21H26N2O4/c1-22(2)13-16-9-5-7-11-18(16)20(24)26-15-27-21(25)19-12-8-6-10-17(19)14-23(3)4/h5-12H,13-15H2,1-4H3. The SMILES string of the molecule is CN(C)Cc1ccccc1C(=O)OCOC(=O)c1ccccc1CN(C)C. The normalized spacial score (nSPS) is 10.9. The summed E-state index contributed by atoms with van der Waals surface area (Å²) in [6.07, 6.45) is 0. The van der Waals surface area contributed by atoms with Crippen LogP contribution in [0.4, 0.5) is 0 Å². The van der Waals surface area contributed by atoms with Crippen LogP contribution in [-0.4, -0.2) is 56.7 Å². The molecule has 0 radical (unpaired) electrons. The van der Waals surface area contributed by atoms with Gasteiger partial charge in [-0.25, -0.2) is 9.59 Å². The smallest absolute Gasteiger partial charge is 0.341 e. The van der Waals surface area contributed by atoms with E-state index in [0.29, 0.717) is 24.2 Å². The number of hydrogen-bond donors (Lipinski definition) is 0. The minimum atomic E-state index is -0.512. The predicted octanol–water partition coefficient (Wildman–Crippen LogP) is 2.78. The molecule has 0 amide bonds. The largest absolute Gasteiger partial charge is 0.424 e. The summed E-state index contributed by atoms with van der Waals surface area (Å²) in [6, 6.07) is 14.5. The van der Waals surface area contributed by atoms with Gasteiger partial charge in [0.05, 0.1) is 11.1 Å². The van der Waals surface area contributed by atoms with Gasteiger partial charge in [-0.15, -0.1) is 0 Å². The third-order valence-corrected chi connectivity index (χ3v) is 3.83. The first kappa shape index (κ1) is 20.6. The predicted molar refractivity (Wildman–Crippen MR) is 103 cm³/mol. The molecular weight excluding hydrogens is 344 g/mol. The lowest BCUT2D eigenvalue weighted by Crippen LogP contribution is -2.19. The Hall–Kier alpha value is -2.70. The maximum absolute atomic E-state index is 12.3. The number of hydrogen-bond acceptors (Lipinski definition) is 6. The molecule has 0 atom stereocenters. The van der Waals surface area contributed by atoms with Crippen molar-refractivity contribution < 1.29 is 19.1 Å². The summed E-state index contributed by atoms with van der Waals surface area (Å²) in [7, 11) is 7.70. The highest BCUT2D eigenvalue weighted by Crippen LogP contribution is 2.14. The van der Waals surface area contributed by atoms with Crippen LogP contribution in [-0.2, 0) is 22.6 Å². The van der Waals surface area contributed by atoms with E-state index < -0.39 is 18.7 Å². The Morgan fingerprint density at radius 2 is 1.07 bits per heavy atom. The van der Waals surface area contributed by atoms with Crippen molar-refractivity contribution in [3.05, 3.63) is 70.8 Å². The lowest BCUT2D eigenvalue weighted by Gasteiger charge is -2.15. The molecule has 0 aliphatic heterocycles. The van der Waals surface area contributed by atoms with Crippen LogP contribution in [0.15, 0.2) is 48.5 Å². The van der Waals surface area contributed by atoms with Gasteiger partial charge in [0, 0.05) is 13.1 Å². The zero-order valence-electron chi connectivity index (χ0n) is 16.3. The van der Waals surface area contributed by atoms with Crippen molar-refractivity contribution >= 4 is 11.9 Å². The van der Waals surface area contributed by atoms with E-state index in [2.05, 4.69) is 0 Å². The number of carbonyl (C=O) groups is 2. The van der Waals surface area contributed by atoms with E-state index in [1.807, 2.05) is 62.3 Å². The molecule has 0 aliphatic carbocycles. The van der Waals surface area contributed by atoms with E-state index in [1.165, 1.54) is 0 Å². The van der Waals surface area contributed by atoms with Gasteiger partial charge in [-0.2, -0.15) is 0 Å². The van der Waals surface area contributed by atoms with Gasteiger partial charge in [0.2, 0.25) is 6.79 Å². The summed E-state index contributed by atoms with van der Waals surface area (Å²) in [4.78, 5) is 28.6. The Balaban J connectivity index is 1.97. The average Bonchev–Trinajstić information content (AvgIpc) is 2.61. The second kappa shape index (κ2) is 9.85.